The van der Waals surface area contributed by atoms with Crippen molar-refractivity contribution in [3.63, 3.8) is 0 Å². The van der Waals surface area contributed by atoms with Crippen LogP contribution in [0.15, 0.2) is 42.6 Å². The van der Waals surface area contributed by atoms with Gasteiger partial charge in [-0.15, -0.1) is 0 Å². The van der Waals surface area contributed by atoms with Gasteiger partial charge in [-0.05, 0) is 24.1 Å². The highest BCUT2D eigenvalue weighted by Gasteiger charge is 2.12. The maximum Gasteiger partial charge on any atom is 0.224 e. The number of halogens is 2. The highest BCUT2D eigenvalue weighted by atomic mass is 127. The van der Waals surface area contributed by atoms with E-state index in [1.165, 1.54) is 70.6 Å². The first-order chi connectivity index (χ1) is 17.6. The smallest absolute Gasteiger partial charge is 0.224 e. The fourth-order valence-corrected chi connectivity index (χ4v) is 4.69. The number of aryl methyl sites for hydroxylation is 1. The molecule has 0 radical (unpaired) electrons. The Bertz CT molecular complexity index is 878. The molecule has 0 fully saturated rings. The molecule has 1 aromatic heterocycles. The van der Waals surface area contributed by atoms with Gasteiger partial charge in [0.15, 0.2) is 6.20 Å². The Labute approximate surface area is 247 Å². The molecule has 0 aliphatic carbocycles. The molecule has 0 unspecified atom stereocenters. The van der Waals surface area contributed by atoms with E-state index >= 15 is 0 Å². The summed E-state index contributed by atoms with van der Waals surface area (Å²) in [7, 11) is 0. The zero-order valence-corrected chi connectivity index (χ0v) is 26.0. The monoisotopic (exact) mass is 642 g/mol. The van der Waals surface area contributed by atoms with Crippen molar-refractivity contribution in [2.24, 2.45) is 0 Å². The fourth-order valence-electron chi connectivity index (χ4n) is 4.45. The normalized spacial score (nSPS) is 10.7. The van der Waals surface area contributed by atoms with Gasteiger partial charge in [0.05, 0.1) is 13.0 Å². The molecule has 0 aliphatic heterocycles. The molecule has 1 heterocycles. The molecule has 1 aromatic carbocycles. The predicted octanol–water partition coefficient (Wildman–Crippen LogP) is 4.98. The Hall–Kier alpha value is -1.34. The van der Waals surface area contributed by atoms with Crippen molar-refractivity contribution in [2.75, 3.05) is 6.61 Å². The number of aromatic nitrogens is 1. The number of amides is 1. The van der Waals surface area contributed by atoms with E-state index in [2.05, 4.69) is 29.9 Å². The van der Waals surface area contributed by atoms with Gasteiger partial charge in [0, 0.05) is 23.6 Å². The number of hydrogen-bond acceptors (Lipinski definition) is 2. The van der Waals surface area contributed by atoms with Crippen molar-refractivity contribution < 1.29 is 38.1 Å². The minimum Gasteiger partial charge on any atom is -1.00 e. The van der Waals surface area contributed by atoms with Crippen LogP contribution in [0.3, 0.4) is 0 Å². The highest BCUT2D eigenvalue weighted by molar-refractivity contribution is 6.31. The molecule has 208 valence electrons. The van der Waals surface area contributed by atoms with Crippen LogP contribution in [0, 0.1) is 0 Å². The second kappa shape index (κ2) is 21.6. The summed E-state index contributed by atoms with van der Waals surface area (Å²) in [5.41, 5.74) is 1.92. The lowest BCUT2D eigenvalue weighted by Gasteiger charge is -2.10. The van der Waals surface area contributed by atoms with E-state index in [1.807, 2.05) is 36.4 Å². The van der Waals surface area contributed by atoms with Crippen molar-refractivity contribution >= 4 is 17.5 Å². The number of nitrogens with one attached hydrogen (secondary N) is 1. The topological polar surface area (TPSA) is 42.2 Å². The average molecular weight is 643 g/mol. The SMILES string of the molecule is CCCCCCCCCCCCCCOc1ccc(CC(=O)NCc2cccc[n+]2CCC)c(Cl)c1.[I-]. The van der Waals surface area contributed by atoms with Crippen molar-refractivity contribution in [3.05, 3.63) is 58.9 Å². The number of hydrogen-bond donors (Lipinski definition) is 1. The van der Waals surface area contributed by atoms with Crippen LogP contribution in [0.1, 0.15) is 109 Å². The maximum atomic E-state index is 12.5. The standard InChI is InChI=1S/C31H47ClN2O2.HI/c1-3-5-6-7-8-9-10-11-12-13-14-17-23-36-29-20-19-27(30(32)25-29)24-31(35)33-26-28-18-15-16-22-34(28)21-4-2;/h15-16,18-20,22,25H,3-14,17,21,23-24,26H2,1-2H3;1H. The molecule has 6 heteroatoms. The van der Waals surface area contributed by atoms with Gasteiger partial charge in [0.1, 0.15) is 18.8 Å². The quantitative estimate of drug-likeness (QED) is 0.126. The van der Waals surface area contributed by atoms with Crippen molar-refractivity contribution in [1.82, 2.24) is 5.32 Å². The van der Waals surface area contributed by atoms with Crippen LogP contribution in [-0.2, 0) is 24.3 Å². The summed E-state index contributed by atoms with van der Waals surface area (Å²) in [5, 5.41) is 3.60. The van der Waals surface area contributed by atoms with Gasteiger partial charge in [-0.2, -0.15) is 0 Å². The second-order valence-corrected chi connectivity index (χ2v) is 10.2. The summed E-state index contributed by atoms with van der Waals surface area (Å²) in [6.07, 6.45) is 19.4. The van der Waals surface area contributed by atoms with Gasteiger partial charge >= 0.3 is 0 Å². The van der Waals surface area contributed by atoms with Crippen LogP contribution < -0.4 is 38.6 Å². The predicted molar refractivity (Wildman–Crippen MR) is 151 cm³/mol. The third-order valence-corrected chi connectivity index (χ3v) is 6.96. The zero-order chi connectivity index (χ0) is 25.8. The Morgan fingerprint density at radius 3 is 2.14 bits per heavy atom. The van der Waals surface area contributed by atoms with Crippen molar-refractivity contribution in [2.45, 2.75) is 117 Å². The number of carbonyl (C=O) groups is 1. The van der Waals surface area contributed by atoms with Crippen LogP contribution in [-0.4, -0.2) is 12.5 Å². The summed E-state index contributed by atoms with van der Waals surface area (Å²) >= 11 is 6.45. The maximum absolute atomic E-state index is 12.5. The van der Waals surface area contributed by atoms with Crippen LogP contribution >= 0.6 is 11.6 Å². The first kappa shape index (κ1) is 33.7. The van der Waals surface area contributed by atoms with Crippen LogP contribution in [0.4, 0.5) is 0 Å². The van der Waals surface area contributed by atoms with E-state index in [4.69, 9.17) is 16.3 Å². The third kappa shape index (κ3) is 15.0. The molecule has 1 N–H and O–H groups in total. The van der Waals surface area contributed by atoms with Gasteiger partial charge in [-0.25, -0.2) is 4.57 Å². The van der Waals surface area contributed by atoms with Gasteiger partial charge in [-0.3, -0.25) is 4.79 Å². The largest absolute Gasteiger partial charge is 1.00 e. The van der Waals surface area contributed by atoms with E-state index in [1.54, 1.807) is 0 Å². The number of unbranched alkanes of at least 4 members (excludes halogenated alkanes) is 11. The van der Waals surface area contributed by atoms with Gasteiger partial charge in [0.2, 0.25) is 11.6 Å². The molecule has 2 rings (SSSR count). The van der Waals surface area contributed by atoms with Crippen LogP contribution in [0.5, 0.6) is 5.75 Å². The minimum absolute atomic E-state index is 0. The van der Waals surface area contributed by atoms with E-state index in [-0.39, 0.29) is 36.3 Å². The molecule has 4 nitrogen and oxygen atoms in total. The average Bonchev–Trinajstić information content (AvgIpc) is 2.88. The molecule has 0 spiro atoms. The van der Waals surface area contributed by atoms with Crippen LogP contribution in [0.2, 0.25) is 5.02 Å². The lowest BCUT2D eigenvalue weighted by molar-refractivity contribution is -0.704. The fraction of sp³-hybridized carbons (Fsp3) is 0.613. The third-order valence-electron chi connectivity index (χ3n) is 6.61. The molecule has 0 saturated heterocycles. The Morgan fingerprint density at radius 1 is 0.865 bits per heavy atom. The summed E-state index contributed by atoms with van der Waals surface area (Å²) in [6, 6.07) is 11.7. The number of benzene rings is 1. The number of pyridine rings is 1. The number of nitrogens with zero attached hydrogens (tertiary/aromatic N) is 1. The van der Waals surface area contributed by atoms with Crippen LogP contribution in [0.25, 0.3) is 0 Å². The van der Waals surface area contributed by atoms with E-state index in [9.17, 15) is 4.79 Å². The molecular formula is C31H48ClIN2O2. The molecule has 0 bridgehead atoms. The number of carbonyl (C=O) groups excluding carboxylic acids is 1. The van der Waals surface area contributed by atoms with Gasteiger partial charge in [0.25, 0.3) is 0 Å². The highest BCUT2D eigenvalue weighted by Crippen LogP contribution is 2.23. The molecule has 37 heavy (non-hydrogen) atoms. The lowest BCUT2D eigenvalue weighted by Crippen LogP contribution is -3.00. The minimum atomic E-state index is -0.0334. The van der Waals surface area contributed by atoms with E-state index in [0.717, 1.165) is 36.4 Å². The summed E-state index contributed by atoms with van der Waals surface area (Å²) < 4.78 is 8.07. The Kier molecular flexibility index (Phi) is 19.6. The number of rotatable bonds is 20. The van der Waals surface area contributed by atoms with Gasteiger partial charge < -0.3 is 34.0 Å². The summed E-state index contributed by atoms with van der Waals surface area (Å²) in [6.45, 7) is 6.59. The van der Waals surface area contributed by atoms with E-state index in [0.29, 0.717) is 18.2 Å². The Morgan fingerprint density at radius 2 is 1.51 bits per heavy atom. The van der Waals surface area contributed by atoms with Gasteiger partial charge in [-0.1, -0.05) is 108 Å². The van der Waals surface area contributed by atoms with Crippen molar-refractivity contribution in [3.8, 4) is 5.75 Å². The molecular weight excluding hydrogens is 595 g/mol. The zero-order valence-electron chi connectivity index (χ0n) is 23.1. The lowest BCUT2D eigenvalue weighted by atomic mass is 10.1. The first-order valence-electron chi connectivity index (χ1n) is 14.3. The second-order valence-electron chi connectivity index (χ2n) is 9.83. The molecule has 0 saturated carbocycles. The summed E-state index contributed by atoms with van der Waals surface area (Å²) in [5.74, 6) is 0.742. The first-order valence-corrected chi connectivity index (χ1v) is 14.7. The molecule has 0 aliphatic rings. The molecule has 2 aromatic rings. The Balaban J connectivity index is 0.00000684. The summed E-state index contributed by atoms with van der Waals surface area (Å²) in [4.78, 5) is 12.5. The van der Waals surface area contributed by atoms with Crippen molar-refractivity contribution in [1.29, 1.82) is 0 Å². The molecule has 1 amide bonds. The number of ether oxygens (including phenoxy) is 1. The van der Waals surface area contributed by atoms with E-state index < -0.39 is 0 Å². The molecule has 0 atom stereocenters.